The zero-order valence-corrected chi connectivity index (χ0v) is 18.0. The summed E-state index contributed by atoms with van der Waals surface area (Å²) in [7, 11) is 3.46. The summed E-state index contributed by atoms with van der Waals surface area (Å²) in [6, 6.07) is -0.0904. The van der Waals surface area contributed by atoms with Gasteiger partial charge >= 0.3 is 6.18 Å². The second kappa shape index (κ2) is 11.0. The number of ether oxygens (including phenoxy) is 1. The molecule has 1 unspecified atom stereocenters. The molecule has 1 saturated heterocycles. The minimum absolute atomic E-state index is 0. The van der Waals surface area contributed by atoms with Crippen LogP contribution in [0.25, 0.3) is 0 Å². The van der Waals surface area contributed by atoms with Crippen molar-refractivity contribution in [2.75, 3.05) is 39.9 Å². The van der Waals surface area contributed by atoms with Crippen molar-refractivity contribution in [3.63, 3.8) is 0 Å². The Bertz CT molecular complexity index is 609. The number of rotatable bonds is 7. The van der Waals surface area contributed by atoms with Crippen molar-refractivity contribution in [3.05, 3.63) is 11.6 Å². The van der Waals surface area contributed by atoms with Gasteiger partial charge in [0.2, 0.25) is 0 Å². The zero-order valence-electron chi connectivity index (χ0n) is 15.7. The first-order chi connectivity index (χ1) is 12.3. The Morgan fingerprint density at radius 1 is 1.37 bits per heavy atom. The van der Waals surface area contributed by atoms with Gasteiger partial charge in [-0.2, -0.15) is 13.2 Å². The van der Waals surface area contributed by atoms with Gasteiger partial charge in [0.15, 0.2) is 11.8 Å². The normalized spacial score (nSPS) is 18.4. The topological polar surface area (TPSA) is 79.6 Å². The molecular weight excluding hydrogens is 478 g/mol. The minimum atomic E-state index is -4.18. The van der Waals surface area contributed by atoms with Crippen molar-refractivity contribution >= 4 is 29.9 Å². The van der Waals surface area contributed by atoms with Crippen molar-refractivity contribution in [2.45, 2.75) is 32.1 Å². The molecule has 2 rings (SSSR count). The van der Waals surface area contributed by atoms with Crippen molar-refractivity contribution < 1.29 is 17.9 Å². The lowest BCUT2D eigenvalue weighted by Crippen LogP contribution is -2.46. The molecule has 0 aliphatic carbocycles. The largest absolute Gasteiger partial charge is 0.401 e. The van der Waals surface area contributed by atoms with Crippen molar-refractivity contribution in [1.82, 2.24) is 30.3 Å². The predicted molar refractivity (Wildman–Crippen MR) is 106 cm³/mol. The van der Waals surface area contributed by atoms with Crippen molar-refractivity contribution in [3.8, 4) is 0 Å². The molecule has 1 fully saturated rings. The summed E-state index contributed by atoms with van der Waals surface area (Å²) in [5.74, 6) is 2.03. The van der Waals surface area contributed by atoms with E-state index in [4.69, 9.17) is 4.74 Å². The minimum Gasteiger partial charge on any atom is -0.383 e. The van der Waals surface area contributed by atoms with E-state index in [1.807, 2.05) is 18.5 Å². The van der Waals surface area contributed by atoms with Crippen LogP contribution in [0.5, 0.6) is 0 Å². The lowest BCUT2D eigenvalue weighted by molar-refractivity contribution is -0.143. The highest BCUT2D eigenvalue weighted by molar-refractivity contribution is 14.0. The number of aryl methyl sites for hydroxylation is 1. The van der Waals surface area contributed by atoms with Crippen LogP contribution >= 0.6 is 24.0 Å². The molecule has 0 spiro atoms. The van der Waals surface area contributed by atoms with Gasteiger partial charge in [-0.3, -0.25) is 4.90 Å². The summed E-state index contributed by atoms with van der Waals surface area (Å²) in [4.78, 5) is 5.88. The molecule has 1 atom stereocenters. The fourth-order valence-electron chi connectivity index (χ4n) is 2.70. The Morgan fingerprint density at radius 2 is 2.11 bits per heavy atom. The maximum Gasteiger partial charge on any atom is 0.401 e. The van der Waals surface area contributed by atoms with E-state index in [1.54, 1.807) is 7.11 Å². The van der Waals surface area contributed by atoms with Gasteiger partial charge in [-0.25, -0.2) is 4.99 Å². The smallest absolute Gasteiger partial charge is 0.383 e. The van der Waals surface area contributed by atoms with E-state index in [-0.39, 0.29) is 30.0 Å². The SMILES string of the molecule is COCCNC(=NCc1nnc(C)n1C)NC1CCN(CC(F)(F)F)C1.I. The highest BCUT2D eigenvalue weighted by Gasteiger charge is 2.34. The predicted octanol–water partition coefficient (Wildman–Crippen LogP) is 1.06. The fourth-order valence-corrected chi connectivity index (χ4v) is 2.70. The molecule has 1 aliphatic rings. The molecule has 2 N–H and O–H groups in total. The van der Waals surface area contributed by atoms with Gasteiger partial charge in [-0.1, -0.05) is 0 Å². The van der Waals surface area contributed by atoms with Crippen LogP contribution in [0.15, 0.2) is 4.99 Å². The Hall–Kier alpha value is -1.15. The van der Waals surface area contributed by atoms with Crippen molar-refractivity contribution in [2.24, 2.45) is 12.0 Å². The van der Waals surface area contributed by atoms with Gasteiger partial charge in [0.1, 0.15) is 12.4 Å². The van der Waals surface area contributed by atoms with Crippen LogP contribution in [0.1, 0.15) is 18.1 Å². The van der Waals surface area contributed by atoms with Gasteiger partial charge < -0.3 is 19.9 Å². The summed E-state index contributed by atoms with van der Waals surface area (Å²) in [6.45, 7) is 3.06. The van der Waals surface area contributed by atoms with E-state index in [0.717, 1.165) is 5.82 Å². The number of alkyl halides is 3. The third kappa shape index (κ3) is 8.17. The molecule has 0 radical (unpaired) electrons. The lowest BCUT2D eigenvalue weighted by atomic mass is 10.3. The standard InChI is InChI=1S/C15H26F3N7O.HI/c1-11-22-23-13(24(11)2)8-20-14(19-5-7-26-3)21-12-4-6-25(9-12)10-15(16,17)18;/h12H,4-10H2,1-3H3,(H2,19,20,21);1H. The number of likely N-dealkylation sites (tertiary alicyclic amines) is 1. The maximum absolute atomic E-state index is 12.5. The van der Waals surface area contributed by atoms with Crippen LogP contribution in [0.3, 0.4) is 0 Å². The monoisotopic (exact) mass is 505 g/mol. The number of guanidine groups is 1. The first-order valence-electron chi connectivity index (χ1n) is 8.46. The molecule has 0 aromatic carbocycles. The summed E-state index contributed by atoms with van der Waals surface area (Å²) < 4.78 is 44.4. The third-order valence-corrected chi connectivity index (χ3v) is 4.18. The van der Waals surface area contributed by atoms with Crippen LogP contribution in [0.4, 0.5) is 13.2 Å². The quantitative estimate of drug-likeness (QED) is 0.250. The molecule has 27 heavy (non-hydrogen) atoms. The van der Waals surface area contributed by atoms with Crippen LogP contribution in [0.2, 0.25) is 0 Å². The third-order valence-electron chi connectivity index (χ3n) is 4.18. The van der Waals surface area contributed by atoms with E-state index in [1.165, 1.54) is 4.90 Å². The van der Waals surface area contributed by atoms with Crippen molar-refractivity contribution in [1.29, 1.82) is 0 Å². The summed E-state index contributed by atoms with van der Waals surface area (Å²) in [5.41, 5.74) is 0. The molecule has 156 valence electrons. The van der Waals surface area contributed by atoms with E-state index >= 15 is 0 Å². The fraction of sp³-hybridized carbons (Fsp3) is 0.800. The molecular formula is C15H27F3IN7O. The van der Waals surface area contributed by atoms with Crippen LogP contribution in [0, 0.1) is 6.92 Å². The molecule has 1 aromatic rings. The van der Waals surface area contributed by atoms with E-state index in [9.17, 15) is 13.2 Å². The second-order valence-corrected chi connectivity index (χ2v) is 6.29. The first kappa shape index (κ1) is 23.9. The molecule has 1 aromatic heterocycles. The Balaban J connectivity index is 0.00000364. The second-order valence-electron chi connectivity index (χ2n) is 6.29. The molecule has 8 nitrogen and oxygen atoms in total. The number of nitrogens with one attached hydrogen (secondary N) is 2. The van der Waals surface area contributed by atoms with Gasteiger partial charge in [0.25, 0.3) is 0 Å². The highest BCUT2D eigenvalue weighted by Crippen LogP contribution is 2.19. The molecule has 0 bridgehead atoms. The summed E-state index contributed by atoms with van der Waals surface area (Å²) >= 11 is 0. The van der Waals surface area contributed by atoms with E-state index < -0.39 is 12.7 Å². The van der Waals surface area contributed by atoms with Crippen LogP contribution in [-0.4, -0.2) is 77.7 Å². The molecule has 12 heteroatoms. The Kier molecular flexibility index (Phi) is 9.73. The summed E-state index contributed by atoms with van der Waals surface area (Å²) in [6.07, 6.45) is -3.55. The van der Waals surface area contributed by atoms with E-state index in [2.05, 4.69) is 25.8 Å². The molecule has 0 amide bonds. The van der Waals surface area contributed by atoms with E-state index in [0.29, 0.717) is 51.0 Å². The van der Waals surface area contributed by atoms with Gasteiger partial charge in [-0.15, -0.1) is 34.2 Å². The molecule has 0 saturated carbocycles. The van der Waals surface area contributed by atoms with Crippen LogP contribution < -0.4 is 10.6 Å². The number of aromatic nitrogens is 3. The number of methoxy groups -OCH3 is 1. The van der Waals surface area contributed by atoms with Gasteiger partial charge in [0.05, 0.1) is 13.2 Å². The highest BCUT2D eigenvalue weighted by atomic mass is 127. The number of hydrogen-bond acceptors (Lipinski definition) is 5. The number of aliphatic imine (C=N–C) groups is 1. The zero-order chi connectivity index (χ0) is 19.2. The molecule has 2 heterocycles. The number of nitrogens with zero attached hydrogens (tertiary/aromatic N) is 5. The average molecular weight is 505 g/mol. The van der Waals surface area contributed by atoms with Gasteiger partial charge in [-0.05, 0) is 13.3 Å². The average Bonchev–Trinajstić information content (AvgIpc) is 3.11. The Morgan fingerprint density at radius 3 is 2.70 bits per heavy atom. The first-order valence-corrected chi connectivity index (χ1v) is 8.46. The summed E-state index contributed by atoms with van der Waals surface area (Å²) in [5, 5.41) is 14.4. The van der Waals surface area contributed by atoms with Gasteiger partial charge in [0, 0.05) is 39.8 Å². The molecule has 1 aliphatic heterocycles. The Labute approximate surface area is 174 Å². The number of halogens is 4. The van der Waals surface area contributed by atoms with Crippen LogP contribution in [-0.2, 0) is 18.3 Å². The number of hydrogen-bond donors (Lipinski definition) is 2. The lowest BCUT2D eigenvalue weighted by Gasteiger charge is -2.20. The maximum atomic E-state index is 12.5.